The number of carbonyl (C=O) groups is 2. The summed E-state index contributed by atoms with van der Waals surface area (Å²) < 4.78 is 2.22. The lowest BCUT2D eigenvalue weighted by Gasteiger charge is -2.12. The van der Waals surface area contributed by atoms with Gasteiger partial charge in [-0.25, -0.2) is 0 Å². The van der Waals surface area contributed by atoms with E-state index in [2.05, 4.69) is 29.7 Å². The molecule has 0 atom stereocenters. The zero-order chi connectivity index (χ0) is 21.3. The average molecular weight is 437 g/mol. The number of aromatic nitrogens is 1. The maximum atomic E-state index is 12.9. The van der Waals surface area contributed by atoms with Crippen LogP contribution in [0.4, 0.5) is 4.79 Å². The number of benzene rings is 2. The molecule has 3 aromatic rings. The molecule has 0 saturated carbocycles. The summed E-state index contributed by atoms with van der Waals surface area (Å²) in [5.74, 6) is -0.257. The zero-order valence-corrected chi connectivity index (χ0v) is 18.3. The van der Waals surface area contributed by atoms with Gasteiger partial charge in [-0.1, -0.05) is 54.1 Å². The number of thioether (sulfide) groups is 1. The van der Waals surface area contributed by atoms with Crippen molar-refractivity contribution in [2.75, 3.05) is 0 Å². The van der Waals surface area contributed by atoms with Gasteiger partial charge in [0.2, 0.25) is 0 Å². The van der Waals surface area contributed by atoms with Crippen LogP contribution < -0.4 is 0 Å². The van der Waals surface area contributed by atoms with Crippen LogP contribution in [-0.2, 0) is 17.9 Å². The number of nitrogens with zero attached hydrogens (tertiary/aromatic N) is 2. The summed E-state index contributed by atoms with van der Waals surface area (Å²) in [6.07, 6.45) is 1.83. The molecule has 2 aromatic carbocycles. The Morgan fingerprint density at radius 3 is 2.30 bits per heavy atom. The minimum absolute atomic E-state index is 0.242. The molecule has 0 unspecified atom stereocenters. The fourth-order valence-electron chi connectivity index (χ4n) is 3.53. The SMILES string of the molecule is Cc1cc(/C=C2\SC(=O)N(Cc3ccc(Cl)cc3)C2=O)c(C)n1Cc1ccccc1. The van der Waals surface area contributed by atoms with Crippen molar-refractivity contribution in [1.29, 1.82) is 0 Å². The first-order valence-electron chi connectivity index (χ1n) is 9.63. The number of imide groups is 1. The van der Waals surface area contributed by atoms with E-state index in [0.717, 1.165) is 40.8 Å². The smallest absolute Gasteiger partial charge is 0.293 e. The molecule has 1 aliphatic rings. The van der Waals surface area contributed by atoms with E-state index in [0.29, 0.717) is 9.93 Å². The highest BCUT2D eigenvalue weighted by atomic mass is 35.5. The molecule has 1 fully saturated rings. The van der Waals surface area contributed by atoms with Crippen LogP contribution in [-0.4, -0.2) is 20.6 Å². The second-order valence-corrected chi connectivity index (χ2v) is 8.72. The van der Waals surface area contributed by atoms with Crippen molar-refractivity contribution < 1.29 is 9.59 Å². The van der Waals surface area contributed by atoms with Gasteiger partial charge in [0.1, 0.15) is 0 Å². The molecule has 30 heavy (non-hydrogen) atoms. The molecule has 1 aromatic heterocycles. The monoisotopic (exact) mass is 436 g/mol. The van der Waals surface area contributed by atoms with Gasteiger partial charge in [-0.2, -0.15) is 0 Å². The number of hydrogen-bond donors (Lipinski definition) is 0. The topological polar surface area (TPSA) is 42.3 Å². The third kappa shape index (κ3) is 4.23. The largest absolute Gasteiger partial charge is 0.344 e. The third-order valence-corrected chi connectivity index (χ3v) is 6.37. The van der Waals surface area contributed by atoms with Crippen LogP contribution in [0.5, 0.6) is 0 Å². The number of rotatable bonds is 5. The van der Waals surface area contributed by atoms with Crippen LogP contribution in [0.15, 0.2) is 65.6 Å². The summed E-state index contributed by atoms with van der Waals surface area (Å²) in [6, 6.07) is 19.5. The van der Waals surface area contributed by atoms with Crippen LogP contribution >= 0.6 is 23.4 Å². The van der Waals surface area contributed by atoms with Gasteiger partial charge in [0.15, 0.2) is 0 Å². The van der Waals surface area contributed by atoms with Crippen LogP contribution in [0.2, 0.25) is 5.02 Å². The Bertz CT molecular complexity index is 1130. The fourth-order valence-corrected chi connectivity index (χ4v) is 4.49. The Labute approximate surface area is 185 Å². The first-order chi connectivity index (χ1) is 14.4. The molecule has 152 valence electrons. The van der Waals surface area contributed by atoms with Gasteiger partial charge in [0, 0.05) is 23.0 Å². The van der Waals surface area contributed by atoms with E-state index < -0.39 is 0 Å². The molecule has 0 aliphatic carbocycles. The molecular formula is C24H21ClN2O2S. The van der Waals surface area contributed by atoms with Gasteiger partial charge in [-0.05, 0) is 66.6 Å². The predicted octanol–water partition coefficient (Wildman–Crippen LogP) is 6.04. The lowest BCUT2D eigenvalue weighted by Crippen LogP contribution is -2.27. The van der Waals surface area contributed by atoms with Crippen molar-refractivity contribution in [2.24, 2.45) is 0 Å². The molecule has 2 heterocycles. The number of aryl methyl sites for hydroxylation is 1. The second-order valence-electron chi connectivity index (χ2n) is 7.29. The van der Waals surface area contributed by atoms with Crippen LogP contribution in [0.25, 0.3) is 6.08 Å². The van der Waals surface area contributed by atoms with Crippen molar-refractivity contribution in [3.63, 3.8) is 0 Å². The summed E-state index contributed by atoms with van der Waals surface area (Å²) in [5, 5.41) is 0.373. The Hall–Kier alpha value is -2.76. The number of hydrogen-bond acceptors (Lipinski definition) is 3. The van der Waals surface area contributed by atoms with E-state index in [9.17, 15) is 9.59 Å². The lowest BCUT2D eigenvalue weighted by molar-refractivity contribution is -0.123. The second kappa shape index (κ2) is 8.54. The van der Waals surface area contributed by atoms with Gasteiger partial charge >= 0.3 is 0 Å². The van der Waals surface area contributed by atoms with Crippen molar-refractivity contribution in [3.8, 4) is 0 Å². The summed E-state index contributed by atoms with van der Waals surface area (Å²) in [4.78, 5) is 27.1. The van der Waals surface area contributed by atoms with Crippen molar-refractivity contribution in [1.82, 2.24) is 9.47 Å². The highest BCUT2D eigenvalue weighted by Crippen LogP contribution is 2.34. The Morgan fingerprint density at radius 1 is 0.933 bits per heavy atom. The summed E-state index contributed by atoms with van der Waals surface area (Å²) in [7, 11) is 0. The zero-order valence-electron chi connectivity index (χ0n) is 16.8. The van der Waals surface area contributed by atoms with E-state index >= 15 is 0 Å². The normalized spacial score (nSPS) is 15.4. The maximum absolute atomic E-state index is 12.9. The van der Waals surface area contributed by atoms with E-state index in [1.807, 2.05) is 43.3 Å². The van der Waals surface area contributed by atoms with Crippen molar-refractivity contribution in [2.45, 2.75) is 26.9 Å². The van der Waals surface area contributed by atoms with Gasteiger partial charge in [-0.15, -0.1) is 0 Å². The molecule has 0 N–H and O–H groups in total. The maximum Gasteiger partial charge on any atom is 0.293 e. The number of amides is 2. The molecule has 1 aliphatic heterocycles. The molecule has 4 nitrogen and oxygen atoms in total. The minimum atomic E-state index is -0.257. The van der Waals surface area contributed by atoms with E-state index in [1.54, 1.807) is 12.1 Å². The molecule has 6 heteroatoms. The Balaban J connectivity index is 1.56. The highest BCUT2D eigenvalue weighted by Gasteiger charge is 2.35. The van der Waals surface area contributed by atoms with Crippen LogP contribution in [0.1, 0.15) is 28.1 Å². The molecule has 1 saturated heterocycles. The molecule has 2 amide bonds. The highest BCUT2D eigenvalue weighted by molar-refractivity contribution is 8.18. The molecule has 0 bridgehead atoms. The number of halogens is 1. The van der Waals surface area contributed by atoms with E-state index in [4.69, 9.17) is 11.6 Å². The fraction of sp³-hybridized carbons (Fsp3) is 0.167. The molecule has 4 rings (SSSR count). The van der Waals surface area contributed by atoms with Gasteiger partial charge in [-0.3, -0.25) is 14.5 Å². The average Bonchev–Trinajstić information content (AvgIpc) is 3.15. The van der Waals surface area contributed by atoms with Gasteiger partial charge < -0.3 is 4.57 Å². The molecule has 0 spiro atoms. The number of carbonyl (C=O) groups excluding carboxylic acids is 2. The van der Waals surface area contributed by atoms with Gasteiger partial charge in [0.25, 0.3) is 11.1 Å². The first kappa shape index (κ1) is 20.5. The third-order valence-electron chi connectivity index (χ3n) is 5.21. The summed E-state index contributed by atoms with van der Waals surface area (Å²) in [6.45, 7) is 5.11. The van der Waals surface area contributed by atoms with Crippen molar-refractivity contribution >= 4 is 40.6 Å². The predicted molar refractivity (Wildman–Crippen MR) is 122 cm³/mol. The molecular weight excluding hydrogens is 416 g/mol. The van der Waals surface area contributed by atoms with E-state index in [-0.39, 0.29) is 17.7 Å². The van der Waals surface area contributed by atoms with E-state index in [1.165, 1.54) is 10.5 Å². The van der Waals surface area contributed by atoms with Crippen molar-refractivity contribution in [3.05, 3.63) is 98.7 Å². The summed E-state index contributed by atoms with van der Waals surface area (Å²) in [5.41, 5.74) is 5.22. The van der Waals surface area contributed by atoms with Crippen LogP contribution in [0.3, 0.4) is 0 Å². The van der Waals surface area contributed by atoms with Crippen LogP contribution in [0, 0.1) is 13.8 Å². The Kier molecular flexibility index (Phi) is 5.84. The summed E-state index contributed by atoms with van der Waals surface area (Å²) >= 11 is 6.91. The standard InChI is InChI=1S/C24H21ClN2O2S/c1-16-12-20(17(2)26(16)14-18-6-4-3-5-7-18)13-22-23(28)27(24(29)30-22)15-19-8-10-21(25)11-9-19/h3-13H,14-15H2,1-2H3/b22-13-. The minimum Gasteiger partial charge on any atom is -0.344 e. The quantitative estimate of drug-likeness (QED) is 0.457. The first-order valence-corrected chi connectivity index (χ1v) is 10.8. The van der Waals surface area contributed by atoms with Gasteiger partial charge in [0.05, 0.1) is 11.4 Å². The lowest BCUT2D eigenvalue weighted by atomic mass is 10.2. The molecule has 0 radical (unpaired) electrons. The Morgan fingerprint density at radius 2 is 1.60 bits per heavy atom.